The average molecular weight is 300 g/mol. The zero-order valence-electron chi connectivity index (χ0n) is 13.0. The Morgan fingerprint density at radius 2 is 2.25 bits per heavy atom. The Morgan fingerprint density at radius 3 is 2.85 bits per heavy atom. The summed E-state index contributed by atoms with van der Waals surface area (Å²) >= 11 is 1.86. The molecule has 1 N–H and O–H groups in total. The molecule has 20 heavy (non-hydrogen) atoms. The van der Waals surface area contributed by atoms with E-state index in [2.05, 4.69) is 26.1 Å². The molecule has 0 aromatic heterocycles. The largest absolute Gasteiger partial charge is 0.354 e. The molecule has 116 valence electrons. The second kappa shape index (κ2) is 9.27. The number of hydrogen-bond donors (Lipinski definition) is 1. The fourth-order valence-electron chi connectivity index (χ4n) is 2.36. The van der Waals surface area contributed by atoms with Gasteiger partial charge in [-0.25, -0.2) is 0 Å². The lowest BCUT2D eigenvalue weighted by molar-refractivity contribution is -0.128. The number of thioether (sulfide) groups is 1. The SMILES string of the molecule is CCSCCCC(=O)NCCN1CC(C(C)C)CC1=O. The van der Waals surface area contributed by atoms with Crippen molar-refractivity contribution in [3.8, 4) is 0 Å². The van der Waals surface area contributed by atoms with E-state index < -0.39 is 0 Å². The molecule has 0 bridgehead atoms. The topological polar surface area (TPSA) is 49.4 Å². The van der Waals surface area contributed by atoms with Crippen molar-refractivity contribution in [3.63, 3.8) is 0 Å². The minimum Gasteiger partial charge on any atom is -0.354 e. The molecule has 0 radical (unpaired) electrons. The van der Waals surface area contributed by atoms with Gasteiger partial charge in [-0.05, 0) is 29.8 Å². The Kier molecular flexibility index (Phi) is 8.04. The van der Waals surface area contributed by atoms with Crippen LogP contribution < -0.4 is 5.32 Å². The normalized spacial score (nSPS) is 18.9. The third-order valence-corrected chi connectivity index (χ3v) is 4.77. The van der Waals surface area contributed by atoms with E-state index >= 15 is 0 Å². The summed E-state index contributed by atoms with van der Waals surface area (Å²) in [7, 11) is 0. The molecule has 5 heteroatoms. The van der Waals surface area contributed by atoms with Crippen molar-refractivity contribution in [1.29, 1.82) is 0 Å². The van der Waals surface area contributed by atoms with Crippen molar-refractivity contribution in [2.75, 3.05) is 31.1 Å². The van der Waals surface area contributed by atoms with Crippen LogP contribution in [0, 0.1) is 11.8 Å². The van der Waals surface area contributed by atoms with Crippen LogP contribution in [0.1, 0.15) is 40.0 Å². The quantitative estimate of drug-likeness (QED) is 0.664. The van der Waals surface area contributed by atoms with Crippen LogP contribution in [-0.4, -0.2) is 47.9 Å². The second-order valence-corrected chi connectivity index (χ2v) is 7.09. The summed E-state index contributed by atoms with van der Waals surface area (Å²) in [6.45, 7) is 8.53. The smallest absolute Gasteiger partial charge is 0.222 e. The summed E-state index contributed by atoms with van der Waals surface area (Å²) in [6, 6.07) is 0. The van der Waals surface area contributed by atoms with Gasteiger partial charge in [-0.15, -0.1) is 0 Å². The number of amides is 2. The summed E-state index contributed by atoms with van der Waals surface area (Å²) in [4.78, 5) is 25.3. The molecule has 0 spiro atoms. The number of likely N-dealkylation sites (tertiary alicyclic amines) is 1. The van der Waals surface area contributed by atoms with Gasteiger partial charge in [-0.2, -0.15) is 11.8 Å². The van der Waals surface area contributed by atoms with Crippen molar-refractivity contribution in [2.24, 2.45) is 11.8 Å². The van der Waals surface area contributed by atoms with E-state index in [9.17, 15) is 9.59 Å². The monoisotopic (exact) mass is 300 g/mol. The highest BCUT2D eigenvalue weighted by atomic mass is 32.2. The maximum Gasteiger partial charge on any atom is 0.222 e. The number of hydrogen-bond acceptors (Lipinski definition) is 3. The highest BCUT2D eigenvalue weighted by Crippen LogP contribution is 2.24. The van der Waals surface area contributed by atoms with E-state index in [4.69, 9.17) is 0 Å². The van der Waals surface area contributed by atoms with Gasteiger partial charge in [0.15, 0.2) is 0 Å². The summed E-state index contributed by atoms with van der Waals surface area (Å²) in [5, 5.41) is 2.91. The first-order valence-corrected chi connectivity index (χ1v) is 8.82. The molecule has 1 rings (SSSR count). The van der Waals surface area contributed by atoms with E-state index in [0.29, 0.717) is 37.8 Å². The van der Waals surface area contributed by atoms with Crippen LogP contribution in [0.3, 0.4) is 0 Å². The average Bonchev–Trinajstić information content (AvgIpc) is 2.77. The maximum atomic E-state index is 11.8. The molecule has 0 saturated carbocycles. The maximum absolute atomic E-state index is 11.8. The Bertz CT molecular complexity index is 321. The second-order valence-electron chi connectivity index (χ2n) is 5.70. The molecular weight excluding hydrogens is 272 g/mol. The van der Waals surface area contributed by atoms with Gasteiger partial charge in [0.05, 0.1) is 0 Å². The van der Waals surface area contributed by atoms with Crippen molar-refractivity contribution < 1.29 is 9.59 Å². The molecule has 0 aromatic carbocycles. The van der Waals surface area contributed by atoms with Crippen molar-refractivity contribution in [3.05, 3.63) is 0 Å². The zero-order chi connectivity index (χ0) is 15.0. The number of nitrogens with one attached hydrogen (secondary N) is 1. The highest BCUT2D eigenvalue weighted by Gasteiger charge is 2.30. The highest BCUT2D eigenvalue weighted by molar-refractivity contribution is 7.99. The van der Waals surface area contributed by atoms with Crippen LogP contribution in [-0.2, 0) is 9.59 Å². The fourth-order valence-corrected chi connectivity index (χ4v) is 3.00. The summed E-state index contributed by atoms with van der Waals surface area (Å²) in [5.41, 5.74) is 0. The number of carbonyl (C=O) groups excluding carboxylic acids is 2. The number of carbonyl (C=O) groups is 2. The molecular formula is C15H28N2O2S. The van der Waals surface area contributed by atoms with Gasteiger partial charge in [0, 0.05) is 32.5 Å². The minimum atomic E-state index is 0.105. The van der Waals surface area contributed by atoms with Crippen molar-refractivity contribution in [1.82, 2.24) is 10.2 Å². The predicted molar refractivity (Wildman–Crippen MR) is 84.8 cm³/mol. The van der Waals surface area contributed by atoms with Gasteiger partial charge < -0.3 is 10.2 Å². The lowest BCUT2D eigenvalue weighted by Crippen LogP contribution is -2.36. The molecule has 1 unspecified atom stereocenters. The summed E-state index contributed by atoms with van der Waals surface area (Å²) in [6.07, 6.45) is 2.19. The van der Waals surface area contributed by atoms with Crippen LogP contribution >= 0.6 is 11.8 Å². The van der Waals surface area contributed by atoms with Crippen LogP contribution in [0.25, 0.3) is 0 Å². The summed E-state index contributed by atoms with van der Waals surface area (Å²) in [5.74, 6) is 3.52. The van der Waals surface area contributed by atoms with E-state index in [1.165, 1.54) is 0 Å². The van der Waals surface area contributed by atoms with Crippen molar-refractivity contribution in [2.45, 2.75) is 40.0 Å². The zero-order valence-corrected chi connectivity index (χ0v) is 13.8. The first-order chi connectivity index (χ1) is 9.54. The van der Waals surface area contributed by atoms with Crippen molar-refractivity contribution >= 4 is 23.6 Å². The van der Waals surface area contributed by atoms with Gasteiger partial charge in [0.2, 0.25) is 11.8 Å². The lowest BCUT2D eigenvalue weighted by Gasteiger charge is -2.18. The van der Waals surface area contributed by atoms with Crippen LogP contribution in [0.4, 0.5) is 0 Å². The standard InChI is InChI=1S/C15H28N2O2S/c1-4-20-9-5-6-14(18)16-7-8-17-11-13(12(2)3)10-15(17)19/h12-13H,4-11H2,1-3H3,(H,16,18). The van der Waals surface area contributed by atoms with Crippen LogP contribution in [0.2, 0.25) is 0 Å². The molecule has 1 fully saturated rings. The number of rotatable bonds is 9. The summed E-state index contributed by atoms with van der Waals surface area (Å²) < 4.78 is 0. The minimum absolute atomic E-state index is 0.105. The molecule has 0 aromatic rings. The molecule has 4 nitrogen and oxygen atoms in total. The van der Waals surface area contributed by atoms with E-state index in [1.54, 1.807) is 0 Å². The van der Waals surface area contributed by atoms with Gasteiger partial charge in [0.1, 0.15) is 0 Å². The Balaban J connectivity index is 2.11. The third kappa shape index (κ3) is 6.16. The van der Waals surface area contributed by atoms with Crippen LogP contribution in [0.5, 0.6) is 0 Å². The van der Waals surface area contributed by atoms with Gasteiger partial charge in [0.25, 0.3) is 0 Å². The van der Waals surface area contributed by atoms with E-state index in [0.717, 1.165) is 24.5 Å². The first-order valence-electron chi connectivity index (χ1n) is 7.66. The predicted octanol–water partition coefficient (Wildman–Crippen LogP) is 2.14. The molecule has 1 heterocycles. The Morgan fingerprint density at radius 1 is 1.50 bits per heavy atom. The Hall–Kier alpha value is -0.710. The van der Waals surface area contributed by atoms with E-state index in [-0.39, 0.29) is 11.8 Å². The molecule has 0 aliphatic carbocycles. The molecule has 1 saturated heterocycles. The fraction of sp³-hybridized carbons (Fsp3) is 0.867. The van der Waals surface area contributed by atoms with Crippen LogP contribution in [0.15, 0.2) is 0 Å². The van der Waals surface area contributed by atoms with Gasteiger partial charge >= 0.3 is 0 Å². The number of nitrogens with zero attached hydrogens (tertiary/aromatic N) is 1. The van der Waals surface area contributed by atoms with E-state index in [1.807, 2.05) is 16.7 Å². The molecule has 1 aliphatic rings. The van der Waals surface area contributed by atoms with Gasteiger partial charge in [-0.1, -0.05) is 20.8 Å². The molecule has 2 amide bonds. The third-order valence-electron chi connectivity index (χ3n) is 3.79. The lowest BCUT2D eigenvalue weighted by atomic mass is 9.95. The first kappa shape index (κ1) is 17.3. The molecule has 1 aliphatic heterocycles. The molecule has 1 atom stereocenters. The van der Waals surface area contributed by atoms with Gasteiger partial charge in [-0.3, -0.25) is 9.59 Å². The Labute approximate surface area is 127 Å².